The number of hydrogen-bond donors (Lipinski definition) is 2. The van der Waals surface area contributed by atoms with Crippen molar-refractivity contribution in [2.45, 2.75) is 33.4 Å². The van der Waals surface area contributed by atoms with Crippen LogP contribution in [-0.4, -0.2) is 47.3 Å². The molecule has 0 aliphatic heterocycles. The van der Waals surface area contributed by atoms with Crippen molar-refractivity contribution in [1.82, 2.24) is 14.7 Å². The molecule has 0 saturated carbocycles. The second-order valence-electron chi connectivity index (χ2n) is 4.71. The summed E-state index contributed by atoms with van der Waals surface area (Å²) in [5.41, 5.74) is 7.29. The molecule has 0 radical (unpaired) electrons. The number of methoxy groups -OCH3 is 1. The van der Waals surface area contributed by atoms with Crippen LogP contribution in [0.15, 0.2) is 0 Å². The van der Waals surface area contributed by atoms with E-state index in [1.54, 1.807) is 7.11 Å². The molecule has 0 unspecified atom stereocenters. The number of nitrogens with zero attached hydrogens (tertiary/aromatic N) is 3. The van der Waals surface area contributed by atoms with Gasteiger partial charge in [-0.3, -0.25) is 15.0 Å². The standard InChI is InChI=1S/C13H24ClN5O/c1-4-19-11(13(14)10(2)17-19)9-18(7-8-20-3)6-5-12(15)16/h4-9H2,1-3H3,(H3,15,16). The summed E-state index contributed by atoms with van der Waals surface area (Å²) in [6.45, 7) is 7.54. The van der Waals surface area contributed by atoms with Gasteiger partial charge in [0.2, 0.25) is 0 Å². The van der Waals surface area contributed by atoms with Crippen molar-refractivity contribution in [3.63, 3.8) is 0 Å². The van der Waals surface area contributed by atoms with Crippen molar-refractivity contribution < 1.29 is 4.74 Å². The van der Waals surface area contributed by atoms with Crippen LogP contribution in [0.2, 0.25) is 5.02 Å². The number of amidine groups is 1. The average molecular weight is 302 g/mol. The Hall–Kier alpha value is -1.11. The van der Waals surface area contributed by atoms with Crippen LogP contribution in [0, 0.1) is 12.3 Å². The van der Waals surface area contributed by atoms with Gasteiger partial charge in [-0.15, -0.1) is 0 Å². The lowest BCUT2D eigenvalue weighted by molar-refractivity contribution is 0.144. The van der Waals surface area contributed by atoms with Crippen LogP contribution in [0.25, 0.3) is 0 Å². The summed E-state index contributed by atoms with van der Waals surface area (Å²) in [4.78, 5) is 2.18. The topological polar surface area (TPSA) is 80.2 Å². The fourth-order valence-electron chi connectivity index (χ4n) is 2.00. The largest absolute Gasteiger partial charge is 0.388 e. The maximum absolute atomic E-state index is 7.35. The fraction of sp³-hybridized carbons (Fsp3) is 0.692. The van der Waals surface area contributed by atoms with Crippen LogP contribution < -0.4 is 5.73 Å². The summed E-state index contributed by atoms with van der Waals surface area (Å²) in [7, 11) is 1.68. The number of halogens is 1. The highest BCUT2D eigenvalue weighted by Gasteiger charge is 2.16. The SMILES string of the molecule is CCn1nc(C)c(Cl)c1CN(CCOC)CCC(=N)N. The molecule has 0 aromatic carbocycles. The lowest BCUT2D eigenvalue weighted by Gasteiger charge is -2.22. The number of aryl methyl sites for hydroxylation is 2. The Morgan fingerprint density at radius 2 is 2.20 bits per heavy atom. The highest BCUT2D eigenvalue weighted by Crippen LogP contribution is 2.21. The van der Waals surface area contributed by atoms with Crippen LogP contribution in [-0.2, 0) is 17.8 Å². The third-order valence-corrected chi connectivity index (χ3v) is 3.63. The Kier molecular flexibility index (Phi) is 6.98. The summed E-state index contributed by atoms with van der Waals surface area (Å²) < 4.78 is 7.05. The highest BCUT2D eigenvalue weighted by molar-refractivity contribution is 6.31. The van der Waals surface area contributed by atoms with Crippen LogP contribution >= 0.6 is 11.6 Å². The van der Waals surface area contributed by atoms with Gasteiger partial charge in [0.1, 0.15) is 0 Å². The number of hydrogen-bond acceptors (Lipinski definition) is 4. The van der Waals surface area contributed by atoms with Crippen molar-refractivity contribution in [3.05, 3.63) is 16.4 Å². The van der Waals surface area contributed by atoms with E-state index >= 15 is 0 Å². The van der Waals surface area contributed by atoms with E-state index in [0.29, 0.717) is 26.1 Å². The summed E-state index contributed by atoms with van der Waals surface area (Å²) >= 11 is 6.33. The molecule has 3 N–H and O–H groups in total. The van der Waals surface area contributed by atoms with Gasteiger partial charge in [-0.1, -0.05) is 11.6 Å². The molecule has 1 aromatic rings. The van der Waals surface area contributed by atoms with Gasteiger partial charge in [0, 0.05) is 39.7 Å². The van der Waals surface area contributed by atoms with Gasteiger partial charge < -0.3 is 10.5 Å². The first-order valence-corrected chi connectivity index (χ1v) is 7.13. The molecule has 0 atom stereocenters. The lowest BCUT2D eigenvalue weighted by Crippen LogP contribution is -2.31. The van der Waals surface area contributed by atoms with Crippen LogP contribution in [0.4, 0.5) is 0 Å². The predicted octanol–water partition coefficient (Wildman–Crippen LogP) is 1.64. The molecule has 0 aliphatic rings. The van der Waals surface area contributed by atoms with Crippen molar-refractivity contribution in [3.8, 4) is 0 Å². The average Bonchev–Trinajstić information content (AvgIpc) is 2.68. The lowest BCUT2D eigenvalue weighted by atomic mass is 10.3. The van der Waals surface area contributed by atoms with Gasteiger partial charge in [-0.25, -0.2) is 0 Å². The van der Waals surface area contributed by atoms with E-state index in [2.05, 4.69) is 10.00 Å². The van der Waals surface area contributed by atoms with Crippen molar-refractivity contribution >= 4 is 17.4 Å². The maximum Gasteiger partial charge on any atom is 0.0918 e. The van der Waals surface area contributed by atoms with Crippen LogP contribution in [0.5, 0.6) is 0 Å². The Bertz CT molecular complexity index is 446. The van der Waals surface area contributed by atoms with E-state index in [4.69, 9.17) is 27.5 Å². The molecule has 0 spiro atoms. The second kappa shape index (κ2) is 8.24. The first-order valence-electron chi connectivity index (χ1n) is 6.75. The molecule has 0 saturated heterocycles. The minimum absolute atomic E-state index is 0.193. The Balaban J connectivity index is 2.79. The molecule has 114 valence electrons. The zero-order valence-electron chi connectivity index (χ0n) is 12.4. The molecule has 6 nitrogen and oxygen atoms in total. The maximum atomic E-state index is 7.35. The smallest absolute Gasteiger partial charge is 0.0918 e. The molecule has 7 heteroatoms. The third kappa shape index (κ3) is 4.77. The zero-order chi connectivity index (χ0) is 15.1. The Morgan fingerprint density at radius 3 is 2.75 bits per heavy atom. The molecule has 1 aromatic heterocycles. The number of nitrogens with two attached hydrogens (primary N) is 1. The minimum atomic E-state index is 0.193. The van der Waals surface area contributed by atoms with Crippen LogP contribution in [0.3, 0.4) is 0 Å². The minimum Gasteiger partial charge on any atom is -0.388 e. The van der Waals surface area contributed by atoms with Crippen molar-refractivity contribution in [1.29, 1.82) is 5.41 Å². The van der Waals surface area contributed by atoms with Gasteiger partial charge in [0.05, 0.1) is 28.9 Å². The Morgan fingerprint density at radius 1 is 1.50 bits per heavy atom. The number of nitrogens with one attached hydrogen (secondary N) is 1. The van der Waals surface area contributed by atoms with Gasteiger partial charge in [0.25, 0.3) is 0 Å². The monoisotopic (exact) mass is 301 g/mol. The number of rotatable bonds is 9. The van der Waals surface area contributed by atoms with E-state index in [9.17, 15) is 0 Å². The van der Waals surface area contributed by atoms with E-state index < -0.39 is 0 Å². The molecular weight excluding hydrogens is 278 g/mol. The van der Waals surface area contributed by atoms with Crippen LogP contribution in [0.1, 0.15) is 24.7 Å². The van der Waals surface area contributed by atoms with E-state index in [1.807, 2.05) is 18.5 Å². The van der Waals surface area contributed by atoms with Gasteiger partial charge in [-0.2, -0.15) is 5.10 Å². The number of ether oxygens (including phenoxy) is 1. The molecule has 1 rings (SSSR count). The zero-order valence-corrected chi connectivity index (χ0v) is 13.2. The highest BCUT2D eigenvalue weighted by atomic mass is 35.5. The third-order valence-electron chi connectivity index (χ3n) is 3.14. The molecule has 0 bridgehead atoms. The molecule has 0 amide bonds. The Labute approximate surface area is 125 Å². The summed E-state index contributed by atoms with van der Waals surface area (Å²) in [6, 6.07) is 0. The summed E-state index contributed by atoms with van der Waals surface area (Å²) in [6.07, 6.45) is 0.542. The van der Waals surface area contributed by atoms with E-state index in [1.165, 1.54) is 0 Å². The van der Waals surface area contributed by atoms with Gasteiger partial charge in [-0.05, 0) is 13.8 Å². The molecule has 0 fully saturated rings. The quantitative estimate of drug-likeness (QED) is 0.537. The van der Waals surface area contributed by atoms with Crippen molar-refractivity contribution in [2.24, 2.45) is 5.73 Å². The first-order chi connectivity index (χ1) is 9.49. The molecule has 20 heavy (non-hydrogen) atoms. The fourth-order valence-corrected chi connectivity index (χ4v) is 2.20. The van der Waals surface area contributed by atoms with Gasteiger partial charge in [0.15, 0.2) is 0 Å². The normalized spacial score (nSPS) is 11.2. The molecule has 0 aliphatic carbocycles. The van der Waals surface area contributed by atoms with E-state index in [0.717, 1.165) is 29.5 Å². The predicted molar refractivity (Wildman–Crippen MR) is 81.3 cm³/mol. The first kappa shape index (κ1) is 16.9. The molecule has 1 heterocycles. The van der Waals surface area contributed by atoms with Gasteiger partial charge >= 0.3 is 0 Å². The summed E-state index contributed by atoms with van der Waals surface area (Å²) in [5.74, 6) is 0.193. The number of aromatic nitrogens is 2. The van der Waals surface area contributed by atoms with E-state index in [-0.39, 0.29) is 5.84 Å². The molecular formula is C13H24ClN5O. The second-order valence-corrected chi connectivity index (χ2v) is 5.08. The summed E-state index contributed by atoms with van der Waals surface area (Å²) in [5, 5.41) is 12.5. The van der Waals surface area contributed by atoms with Crippen molar-refractivity contribution in [2.75, 3.05) is 26.8 Å².